The van der Waals surface area contributed by atoms with Gasteiger partial charge in [-0.2, -0.15) is 0 Å². The fourth-order valence-electron chi connectivity index (χ4n) is 1.16. The van der Waals surface area contributed by atoms with Gasteiger partial charge in [-0.1, -0.05) is 40.5 Å². The second kappa shape index (κ2) is 6.39. The van der Waals surface area contributed by atoms with Gasteiger partial charge in [-0.15, -0.1) is 0 Å². The SMILES string of the molecule is CC[C@@H](Br)C(=O)NNC(=O)c1ccc(C)cc1. The molecule has 1 atom stereocenters. The second-order valence-electron chi connectivity index (χ2n) is 3.69. The molecule has 0 saturated heterocycles. The van der Waals surface area contributed by atoms with E-state index in [-0.39, 0.29) is 16.6 Å². The molecule has 2 amide bonds. The average molecular weight is 299 g/mol. The number of benzene rings is 1. The van der Waals surface area contributed by atoms with Crippen LogP contribution in [-0.2, 0) is 4.79 Å². The third-order valence-electron chi connectivity index (χ3n) is 2.26. The summed E-state index contributed by atoms with van der Waals surface area (Å²) in [6.45, 7) is 3.82. The molecular formula is C12H15BrN2O2. The van der Waals surface area contributed by atoms with Gasteiger partial charge in [0, 0.05) is 5.56 Å². The van der Waals surface area contributed by atoms with Gasteiger partial charge in [-0.25, -0.2) is 0 Å². The van der Waals surface area contributed by atoms with Crippen molar-refractivity contribution in [2.45, 2.75) is 25.1 Å². The quantitative estimate of drug-likeness (QED) is 0.662. The molecule has 0 spiro atoms. The number of aryl methyl sites for hydroxylation is 1. The Bertz CT molecular complexity index is 403. The summed E-state index contributed by atoms with van der Waals surface area (Å²) in [4.78, 5) is 22.7. The third kappa shape index (κ3) is 4.19. The molecule has 0 aliphatic heterocycles. The molecule has 1 aromatic rings. The van der Waals surface area contributed by atoms with Crippen molar-refractivity contribution in [3.8, 4) is 0 Å². The fraction of sp³-hybridized carbons (Fsp3) is 0.333. The van der Waals surface area contributed by atoms with Crippen LogP contribution >= 0.6 is 15.9 Å². The van der Waals surface area contributed by atoms with Crippen LogP contribution in [0.15, 0.2) is 24.3 Å². The Morgan fingerprint density at radius 1 is 1.24 bits per heavy atom. The van der Waals surface area contributed by atoms with Crippen LogP contribution in [0.3, 0.4) is 0 Å². The Hall–Kier alpha value is -1.36. The summed E-state index contributed by atoms with van der Waals surface area (Å²) in [5.74, 6) is -0.581. The third-order valence-corrected chi connectivity index (χ3v) is 3.32. The lowest BCUT2D eigenvalue weighted by molar-refractivity contribution is -0.121. The van der Waals surface area contributed by atoms with Crippen molar-refractivity contribution in [1.82, 2.24) is 10.9 Å². The lowest BCUT2D eigenvalue weighted by atomic mass is 10.1. The fourth-order valence-corrected chi connectivity index (χ4v) is 1.27. The Balaban J connectivity index is 2.50. The van der Waals surface area contributed by atoms with E-state index in [0.29, 0.717) is 12.0 Å². The zero-order valence-corrected chi connectivity index (χ0v) is 11.4. The van der Waals surface area contributed by atoms with Crippen LogP contribution < -0.4 is 10.9 Å². The summed E-state index contributed by atoms with van der Waals surface area (Å²) in [7, 11) is 0. The molecule has 5 heteroatoms. The van der Waals surface area contributed by atoms with E-state index in [1.807, 2.05) is 26.0 Å². The molecule has 0 saturated carbocycles. The maximum Gasteiger partial charge on any atom is 0.269 e. The standard InChI is InChI=1S/C12H15BrN2O2/c1-3-10(13)12(17)15-14-11(16)9-6-4-8(2)5-7-9/h4-7,10H,3H2,1-2H3,(H,14,16)(H,15,17)/t10-/m1/s1. The molecule has 1 rings (SSSR count). The van der Waals surface area contributed by atoms with Gasteiger partial charge < -0.3 is 0 Å². The minimum Gasteiger partial charge on any atom is -0.272 e. The molecule has 2 N–H and O–H groups in total. The van der Waals surface area contributed by atoms with E-state index in [4.69, 9.17) is 0 Å². The van der Waals surface area contributed by atoms with Crippen molar-refractivity contribution in [2.75, 3.05) is 0 Å². The highest BCUT2D eigenvalue weighted by atomic mass is 79.9. The van der Waals surface area contributed by atoms with Crippen LogP contribution in [0, 0.1) is 6.92 Å². The van der Waals surface area contributed by atoms with E-state index in [9.17, 15) is 9.59 Å². The largest absolute Gasteiger partial charge is 0.272 e. The minimum atomic E-state index is -0.325. The van der Waals surface area contributed by atoms with Crippen molar-refractivity contribution in [3.05, 3.63) is 35.4 Å². The van der Waals surface area contributed by atoms with Crippen LogP contribution in [0.4, 0.5) is 0 Å². The number of halogens is 1. The van der Waals surface area contributed by atoms with E-state index in [1.165, 1.54) is 0 Å². The Morgan fingerprint density at radius 3 is 2.35 bits per heavy atom. The lowest BCUT2D eigenvalue weighted by Gasteiger charge is -2.10. The van der Waals surface area contributed by atoms with Gasteiger partial charge >= 0.3 is 0 Å². The zero-order chi connectivity index (χ0) is 12.8. The first-order chi connectivity index (χ1) is 8.04. The van der Waals surface area contributed by atoms with Gasteiger partial charge in [0.15, 0.2) is 0 Å². The van der Waals surface area contributed by atoms with Crippen LogP contribution in [0.1, 0.15) is 29.3 Å². The summed E-state index contributed by atoms with van der Waals surface area (Å²) in [5, 5.41) is 0. The summed E-state index contributed by atoms with van der Waals surface area (Å²) in [6.07, 6.45) is 0.659. The highest BCUT2D eigenvalue weighted by molar-refractivity contribution is 9.10. The second-order valence-corrected chi connectivity index (χ2v) is 4.79. The van der Waals surface area contributed by atoms with Gasteiger partial charge in [-0.05, 0) is 25.5 Å². The molecule has 0 heterocycles. The van der Waals surface area contributed by atoms with Gasteiger partial charge in [0.05, 0.1) is 4.83 Å². The van der Waals surface area contributed by atoms with E-state index in [1.54, 1.807) is 12.1 Å². The molecule has 0 aromatic heterocycles. The topological polar surface area (TPSA) is 58.2 Å². The number of carbonyl (C=O) groups excluding carboxylic acids is 2. The number of amides is 2. The first-order valence-corrected chi connectivity index (χ1v) is 6.27. The highest BCUT2D eigenvalue weighted by Crippen LogP contribution is 2.04. The van der Waals surface area contributed by atoms with E-state index in [2.05, 4.69) is 26.8 Å². The number of hydrogen-bond donors (Lipinski definition) is 2. The molecule has 0 aliphatic rings. The smallest absolute Gasteiger partial charge is 0.269 e. The summed E-state index contributed by atoms with van der Waals surface area (Å²) in [5.41, 5.74) is 6.32. The van der Waals surface area contributed by atoms with Crippen LogP contribution in [0.25, 0.3) is 0 Å². The molecule has 0 radical (unpaired) electrons. The van der Waals surface area contributed by atoms with Gasteiger partial charge in [-0.3, -0.25) is 20.4 Å². The molecule has 92 valence electrons. The van der Waals surface area contributed by atoms with E-state index >= 15 is 0 Å². The monoisotopic (exact) mass is 298 g/mol. The number of hydrogen-bond acceptors (Lipinski definition) is 2. The molecule has 0 aliphatic carbocycles. The van der Waals surface area contributed by atoms with Crippen molar-refractivity contribution in [1.29, 1.82) is 0 Å². The molecule has 0 fully saturated rings. The predicted octanol–water partition coefficient (Wildman–Crippen LogP) is 1.93. The van der Waals surface area contributed by atoms with Crippen molar-refractivity contribution in [2.24, 2.45) is 0 Å². The number of hydrazine groups is 1. The summed E-state index contributed by atoms with van der Waals surface area (Å²) < 4.78 is 0. The summed E-state index contributed by atoms with van der Waals surface area (Å²) in [6, 6.07) is 7.11. The number of rotatable bonds is 3. The molecule has 17 heavy (non-hydrogen) atoms. The van der Waals surface area contributed by atoms with E-state index < -0.39 is 0 Å². The zero-order valence-electron chi connectivity index (χ0n) is 9.79. The first-order valence-electron chi connectivity index (χ1n) is 5.35. The molecular weight excluding hydrogens is 284 g/mol. The maximum absolute atomic E-state index is 11.6. The van der Waals surface area contributed by atoms with E-state index in [0.717, 1.165) is 5.56 Å². The Kier molecular flexibility index (Phi) is 5.15. The highest BCUT2D eigenvalue weighted by Gasteiger charge is 2.13. The van der Waals surface area contributed by atoms with Crippen molar-refractivity contribution < 1.29 is 9.59 Å². The lowest BCUT2D eigenvalue weighted by Crippen LogP contribution is -2.44. The minimum absolute atomic E-state index is 0.257. The van der Waals surface area contributed by atoms with Gasteiger partial charge in [0.2, 0.25) is 0 Å². The van der Waals surface area contributed by atoms with Gasteiger partial charge in [0.25, 0.3) is 11.8 Å². The molecule has 4 nitrogen and oxygen atoms in total. The number of nitrogens with one attached hydrogen (secondary N) is 2. The van der Waals surface area contributed by atoms with Crippen LogP contribution in [-0.4, -0.2) is 16.6 Å². The normalized spacial score (nSPS) is 11.7. The Labute approximate surface area is 109 Å². The maximum atomic E-state index is 11.6. The van der Waals surface area contributed by atoms with Crippen LogP contribution in [0.5, 0.6) is 0 Å². The molecule has 0 unspecified atom stereocenters. The predicted molar refractivity (Wildman–Crippen MR) is 69.8 cm³/mol. The van der Waals surface area contributed by atoms with Crippen molar-refractivity contribution >= 4 is 27.7 Å². The van der Waals surface area contributed by atoms with Crippen LogP contribution in [0.2, 0.25) is 0 Å². The van der Waals surface area contributed by atoms with Gasteiger partial charge in [0.1, 0.15) is 0 Å². The van der Waals surface area contributed by atoms with Crippen molar-refractivity contribution in [3.63, 3.8) is 0 Å². The molecule has 1 aromatic carbocycles. The summed E-state index contributed by atoms with van der Waals surface area (Å²) >= 11 is 3.19. The molecule has 0 bridgehead atoms. The Morgan fingerprint density at radius 2 is 1.82 bits per heavy atom. The number of alkyl halides is 1. The average Bonchev–Trinajstić information content (AvgIpc) is 2.35. The number of carbonyl (C=O) groups is 2. The first kappa shape index (κ1) is 13.7.